The average Bonchev–Trinajstić information content (AvgIpc) is 3.66. The molecule has 1 aliphatic rings. The van der Waals surface area contributed by atoms with Crippen LogP contribution < -0.4 is 4.90 Å². The maximum Gasteiger partial charge on any atom is 0.164 e. The van der Waals surface area contributed by atoms with Crippen molar-refractivity contribution in [1.82, 2.24) is 24.5 Å². The molecule has 8 aromatic carbocycles. The number of anilines is 3. The van der Waals surface area contributed by atoms with Crippen molar-refractivity contribution in [2.75, 3.05) is 4.90 Å². The Hall–Kier alpha value is -8.74. The van der Waals surface area contributed by atoms with Crippen LogP contribution in [0.25, 0.3) is 95.7 Å². The third-order valence-corrected chi connectivity index (χ3v) is 12.0. The van der Waals surface area contributed by atoms with Gasteiger partial charge in [0.05, 0.1) is 39.7 Å². The second-order valence-electron chi connectivity index (χ2n) is 15.9. The van der Waals surface area contributed by atoms with Gasteiger partial charge in [0.25, 0.3) is 0 Å². The van der Waals surface area contributed by atoms with Gasteiger partial charge in [-0.05, 0) is 42.5 Å². The Kier molecular flexibility index (Phi) is 9.05. The lowest BCUT2D eigenvalue weighted by Gasteiger charge is -2.28. The van der Waals surface area contributed by atoms with E-state index in [9.17, 15) is 0 Å². The zero-order valence-corrected chi connectivity index (χ0v) is 34.6. The highest BCUT2D eigenvalue weighted by atomic mass is 15.2. The van der Waals surface area contributed by atoms with Crippen LogP contribution >= 0.6 is 0 Å². The number of hydrogen-bond donors (Lipinski definition) is 0. The highest BCUT2D eigenvalue weighted by Crippen LogP contribution is 2.54. The fourth-order valence-corrected chi connectivity index (χ4v) is 9.07. The zero-order chi connectivity index (χ0) is 42.4. The topological polar surface area (TPSA) is 59.7 Å². The van der Waals surface area contributed by atoms with E-state index in [4.69, 9.17) is 19.9 Å². The van der Waals surface area contributed by atoms with E-state index in [0.29, 0.717) is 17.5 Å². The lowest BCUT2D eigenvalue weighted by Crippen LogP contribution is -2.11. The summed E-state index contributed by atoms with van der Waals surface area (Å²) < 4.78 is 2.45. The molecule has 0 saturated carbocycles. The summed E-state index contributed by atoms with van der Waals surface area (Å²) in [5.41, 5.74) is 16.5. The van der Waals surface area contributed by atoms with Gasteiger partial charge < -0.3 is 9.47 Å². The van der Waals surface area contributed by atoms with Gasteiger partial charge in [-0.15, -0.1) is 0 Å². The first-order chi connectivity index (χ1) is 31.7. The maximum atomic E-state index is 5.27. The summed E-state index contributed by atoms with van der Waals surface area (Å²) in [5, 5.41) is 1.17. The number of fused-ring (bicyclic) bond motifs is 7. The molecule has 0 bridgehead atoms. The lowest BCUT2D eigenvalue weighted by molar-refractivity contribution is 1.07. The van der Waals surface area contributed by atoms with Crippen LogP contribution in [0.1, 0.15) is 0 Å². The Morgan fingerprint density at radius 1 is 0.312 bits per heavy atom. The van der Waals surface area contributed by atoms with Gasteiger partial charge in [-0.25, -0.2) is 19.9 Å². The van der Waals surface area contributed by atoms with Crippen LogP contribution in [0.3, 0.4) is 0 Å². The molecule has 6 heteroatoms. The summed E-state index contributed by atoms with van der Waals surface area (Å²) in [6, 6.07) is 80.5. The van der Waals surface area contributed by atoms with Crippen molar-refractivity contribution in [3.8, 4) is 84.7 Å². The molecular formula is C58H38N6. The normalized spacial score (nSPS) is 11.7. The largest absolute Gasteiger partial charge is 0.309 e. The van der Waals surface area contributed by atoms with Crippen LogP contribution in [0.5, 0.6) is 0 Å². The summed E-state index contributed by atoms with van der Waals surface area (Å²) in [6.45, 7) is 0. The Morgan fingerprint density at radius 3 is 1.36 bits per heavy atom. The van der Waals surface area contributed by atoms with Gasteiger partial charge in [0.2, 0.25) is 0 Å². The van der Waals surface area contributed by atoms with E-state index in [1.165, 1.54) is 10.9 Å². The van der Waals surface area contributed by atoms with Gasteiger partial charge in [0.1, 0.15) is 0 Å². The SMILES string of the molecule is c1ccc(-c2cc(-n3c4c(c5ccccc53)-c3ccccc3N(c3cccc(-c5nc(-c6ccccc6)nc(-c6ccccc6)n5)c3)c3ccccc3-4)cc(-c3ccccc3)n2)cc1. The van der Waals surface area contributed by atoms with E-state index in [2.05, 4.69) is 179 Å². The van der Waals surface area contributed by atoms with E-state index < -0.39 is 0 Å². The minimum atomic E-state index is 0.604. The van der Waals surface area contributed by atoms with Gasteiger partial charge in [0.15, 0.2) is 17.5 Å². The van der Waals surface area contributed by atoms with Gasteiger partial charge in [-0.3, -0.25) is 0 Å². The van der Waals surface area contributed by atoms with Crippen molar-refractivity contribution in [1.29, 1.82) is 0 Å². The molecule has 0 radical (unpaired) electrons. The summed E-state index contributed by atoms with van der Waals surface area (Å²) in [6.07, 6.45) is 0. The standard InChI is InChI=1S/C58H38N6/c1-5-20-39(21-6-1)49-37-45(38-50(59-49)40-22-7-2-8-23-40)64-52-34-17-14-31-47(52)54-46-30-13-16-33-51(46)63(53-35-18-15-32-48(53)55(54)64)44-29-19-28-43(36-44)58-61-56(41-24-9-3-10-25-41)60-57(62-58)42-26-11-4-12-27-42/h1-38H. The Morgan fingerprint density at radius 2 is 0.766 bits per heavy atom. The quantitative estimate of drug-likeness (QED) is 0.160. The number of rotatable bonds is 7. The minimum Gasteiger partial charge on any atom is -0.309 e. The van der Waals surface area contributed by atoms with Gasteiger partial charge in [0, 0.05) is 55.6 Å². The molecule has 3 aromatic heterocycles. The van der Waals surface area contributed by atoms with Crippen LogP contribution in [0.15, 0.2) is 231 Å². The number of pyridine rings is 1. The zero-order valence-electron chi connectivity index (χ0n) is 34.6. The van der Waals surface area contributed by atoms with Crippen LogP contribution in [-0.4, -0.2) is 24.5 Å². The summed E-state index contributed by atoms with van der Waals surface area (Å²) in [4.78, 5) is 22.8. The summed E-state index contributed by atoms with van der Waals surface area (Å²) in [5.74, 6) is 1.86. The van der Waals surface area contributed by atoms with Gasteiger partial charge in [-0.1, -0.05) is 188 Å². The monoisotopic (exact) mass is 818 g/mol. The molecule has 0 aliphatic carbocycles. The molecule has 6 nitrogen and oxygen atoms in total. The second kappa shape index (κ2) is 15.6. The number of hydrogen-bond acceptors (Lipinski definition) is 5. The van der Waals surface area contributed by atoms with Crippen LogP contribution in [0.2, 0.25) is 0 Å². The first-order valence-electron chi connectivity index (χ1n) is 21.5. The fourth-order valence-electron chi connectivity index (χ4n) is 9.07. The molecule has 0 saturated heterocycles. The van der Waals surface area contributed by atoms with Crippen molar-refractivity contribution in [3.05, 3.63) is 231 Å². The molecule has 12 rings (SSSR count). The Balaban J connectivity index is 1.09. The summed E-state index contributed by atoms with van der Waals surface area (Å²) in [7, 11) is 0. The minimum absolute atomic E-state index is 0.604. The molecule has 0 atom stereocenters. The van der Waals surface area contributed by atoms with E-state index in [1.807, 2.05) is 60.7 Å². The molecule has 0 spiro atoms. The molecule has 1 aliphatic heterocycles. The first-order valence-corrected chi connectivity index (χ1v) is 21.5. The van der Waals surface area contributed by atoms with Crippen molar-refractivity contribution >= 4 is 28.0 Å². The van der Waals surface area contributed by atoms with Crippen molar-refractivity contribution < 1.29 is 0 Å². The van der Waals surface area contributed by atoms with Crippen LogP contribution in [-0.2, 0) is 0 Å². The molecule has 0 unspecified atom stereocenters. The molecule has 11 aromatic rings. The van der Waals surface area contributed by atoms with Crippen molar-refractivity contribution in [3.63, 3.8) is 0 Å². The molecule has 0 fully saturated rings. The number of para-hydroxylation sites is 3. The molecular weight excluding hydrogens is 781 g/mol. The van der Waals surface area contributed by atoms with Gasteiger partial charge >= 0.3 is 0 Å². The predicted molar refractivity (Wildman–Crippen MR) is 261 cm³/mol. The van der Waals surface area contributed by atoms with Gasteiger partial charge in [-0.2, -0.15) is 0 Å². The van der Waals surface area contributed by atoms with E-state index in [1.54, 1.807) is 0 Å². The van der Waals surface area contributed by atoms with E-state index >= 15 is 0 Å². The number of aromatic nitrogens is 5. The lowest BCUT2D eigenvalue weighted by atomic mass is 9.98. The smallest absolute Gasteiger partial charge is 0.164 e. The van der Waals surface area contributed by atoms with Crippen molar-refractivity contribution in [2.45, 2.75) is 0 Å². The average molecular weight is 819 g/mol. The molecule has 300 valence electrons. The van der Waals surface area contributed by atoms with Crippen LogP contribution in [0.4, 0.5) is 17.1 Å². The van der Waals surface area contributed by atoms with E-state index in [-0.39, 0.29) is 0 Å². The highest BCUT2D eigenvalue weighted by Gasteiger charge is 2.32. The Labute approximate surface area is 371 Å². The molecule has 0 N–H and O–H groups in total. The Bertz CT molecular complexity index is 3380. The molecule has 0 amide bonds. The number of nitrogens with zero attached hydrogens (tertiary/aromatic N) is 6. The third-order valence-electron chi connectivity index (χ3n) is 12.0. The first kappa shape index (κ1) is 37.1. The predicted octanol–water partition coefficient (Wildman–Crippen LogP) is 14.7. The maximum absolute atomic E-state index is 5.27. The van der Waals surface area contributed by atoms with Crippen LogP contribution in [0, 0.1) is 0 Å². The molecule has 4 heterocycles. The molecule has 64 heavy (non-hydrogen) atoms. The number of benzene rings is 8. The third kappa shape index (κ3) is 6.44. The highest BCUT2D eigenvalue weighted by molar-refractivity contribution is 6.13. The fraction of sp³-hybridized carbons (Fsp3) is 0. The van der Waals surface area contributed by atoms with E-state index in [0.717, 1.165) is 84.3 Å². The summed E-state index contributed by atoms with van der Waals surface area (Å²) >= 11 is 0. The second-order valence-corrected chi connectivity index (χ2v) is 15.9. The van der Waals surface area contributed by atoms with Crippen molar-refractivity contribution in [2.24, 2.45) is 0 Å².